The zero-order valence-electron chi connectivity index (χ0n) is 20.3. The van der Waals surface area contributed by atoms with Gasteiger partial charge in [0.2, 0.25) is 10.0 Å². The third kappa shape index (κ3) is 5.97. The molecule has 2 heterocycles. The predicted molar refractivity (Wildman–Crippen MR) is 130 cm³/mol. The summed E-state index contributed by atoms with van der Waals surface area (Å²) in [4.78, 5) is 12.1. The SMILES string of the molecule is COc1ccc(CN(C)S(=O)(=O)c2ccc(Cc3ncc(C(F)(F)F)cn3)c(-c3cn(C)cn3)c2)cc1. The van der Waals surface area contributed by atoms with Crippen molar-refractivity contribution in [1.82, 2.24) is 23.8 Å². The Morgan fingerprint density at radius 3 is 2.27 bits per heavy atom. The maximum Gasteiger partial charge on any atom is 0.419 e. The van der Waals surface area contributed by atoms with E-state index in [1.54, 1.807) is 61.6 Å². The summed E-state index contributed by atoms with van der Waals surface area (Å²) in [5.74, 6) is 0.833. The van der Waals surface area contributed by atoms with Gasteiger partial charge in [-0.1, -0.05) is 18.2 Å². The highest BCUT2D eigenvalue weighted by atomic mass is 32.2. The fourth-order valence-corrected chi connectivity index (χ4v) is 4.86. The van der Waals surface area contributed by atoms with Crippen molar-refractivity contribution in [1.29, 1.82) is 0 Å². The van der Waals surface area contributed by atoms with Crippen molar-refractivity contribution in [3.63, 3.8) is 0 Å². The van der Waals surface area contributed by atoms with Crippen LogP contribution in [0, 0.1) is 0 Å². The highest BCUT2D eigenvalue weighted by Crippen LogP contribution is 2.30. The van der Waals surface area contributed by atoms with Crippen LogP contribution in [0.15, 0.2) is 72.3 Å². The van der Waals surface area contributed by atoms with Crippen molar-refractivity contribution in [2.24, 2.45) is 7.05 Å². The molecule has 0 aliphatic carbocycles. The predicted octanol–water partition coefficient (Wildman–Crippen LogP) is 4.32. The lowest BCUT2D eigenvalue weighted by molar-refractivity contribution is -0.138. The van der Waals surface area contributed by atoms with Gasteiger partial charge in [-0.3, -0.25) is 0 Å². The summed E-state index contributed by atoms with van der Waals surface area (Å²) in [5, 5.41) is 0. The lowest BCUT2D eigenvalue weighted by Crippen LogP contribution is -2.26. The molecular formula is C25H24F3N5O3S. The molecule has 0 saturated carbocycles. The summed E-state index contributed by atoms with van der Waals surface area (Å²) in [6, 6.07) is 11.7. The number of halogens is 3. The van der Waals surface area contributed by atoms with E-state index in [1.165, 1.54) is 23.5 Å². The van der Waals surface area contributed by atoms with Gasteiger partial charge in [0, 0.05) is 51.2 Å². The maximum absolute atomic E-state index is 13.4. The molecule has 0 N–H and O–H groups in total. The molecule has 0 fully saturated rings. The largest absolute Gasteiger partial charge is 0.497 e. The average molecular weight is 532 g/mol. The second-order valence-corrected chi connectivity index (χ2v) is 10.5. The minimum atomic E-state index is -4.54. The van der Waals surface area contributed by atoms with Crippen LogP contribution < -0.4 is 4.74 Å². The molecule has 4 aromatic rings. The van der Waals surface area contributed by atoms with Gasteiger partial charge >= 0.3 is 6.18 Å². The van der Waals surface area contributed by atoms with Crippen LogP contribution in [0.5, 0.6) is 5.75 Å². The summed E-state index contributed by atoms with van der Waals surface area (Å²) in [5.41, 5.74) is 1.49. The van der Waals surface area contributed by atoms with Gasteiger partial charge in [0.1, 0.15) is 11.6 Å². The molecule has 0 radical (unpaired) electrons. The van der Waals surface area contributed by atoms with Crippen LogP contribution in [0.25, 0.3) is 11.3 Å². The average Bonchev–Trinajstić information content (AvgIpc) is 3.30. The third-order valence-corrected chi connectivity index (χ3v) is 7.52. The molecule has 194 valence electrons. The molecule has 0 atom stereocenters. The van der Waals surface area contributed by atoms with Crippen molar-refractivity contribution in [2.45, 2.75) is 24.0 Å². The van der Waals surface area contributed by atoms with E-state index in [9.17, 15) is 21.6 Å². The Balaban J connectivity index is 1.66. The number of methoxy groups -OCH3 is 1. The van der Waals surface area contributed by atoms with Gasteiger partial charge in [-0.25, -0.2) is 23.4 Å². The monoisotopic (exact) mass is 531 g/mol. The Morgan fingerprint density at radius 1 is 1.03 bits per heavy atom. The molecule has 0 spiro atoms. The first-order valence-electron chi connectivity index (χ1n) is 11.1. The Labute approximate surface area is 212 Å². The summed E-state index contributed by atoms with van der Waals surface area (Å²) in [7, 11) is 0.943. The fourth-order valence-electron chi connectivity index (χ4n) is 3.68. The molecular weight excluding hydrogens is 507 g/mol. The number of imidazole rings is 1. The number of aryl methyl sites for hydroxylation is 1. The van der Waals surface area contributed by atoms with Crippen molar-refractivity contribution < 1.29 is 26.3 Å². The van der Waals surface area contributed by atoms with E-state index < -0.39 is 21.8 Å². The summed E-state index contributed by atoms with van der Waals surface area (Å²) in [6.07, 6.45) is 0.317. The van der Waals surface area contributed by atoms with Gasteiger partial charge in [0.25, 0.3) is 0 Å². The van der Waals surface area contributed by atoms with Crippen molar-refractivity contribution in [3.8, 4) is 17.0 Å². The number of hydrogen-bond acceptors (Lipinski definition) is 6. The maximum atomic E-state index is 13.4. The van der Waals surface area contributed by atoms with Crippen molar-refractivity contribution >= 4 is 10.0 Å². The Bertz CT molecular complexity index is 1490. The molecule has 2 aromatic carbocycles. The second-order valence-electron chi connectivity index (χ2n) is 8.41. The fraction of sp³-hybridized carbons (Fsp3) is 0.240. The van der Waals surface area contributed by atoms with Crippen LogP contribution in [0.1, 0.15) is 22.5 Å². The number of nitrogens with zero attached hydrogens (tertiary/aromatic N) is 5. The number of ether oxygens (including phenoxy) is 1. The number of alkyl halides is 3. The number of hydrogen-bond donors (Lipinski definition) is 0. The molecule has 0 aliphatic rings. The van der Waals surface area contributed by atoms with Gasteiger partial charge in [-0.2, -0.15) is 17.5 Å². The third-order valence-electron chi connectivity index (χ3n) is 5.72. The number of aromatic nitrogens is 4. The summed E-state index contributed by atoms with van der Waals surface area (Å²) in [6.45, 7) is 0.145. The zero-order chi connectivity index (χ0) is 26.8. The van der Waals surface area contributed by atoms with E-state index in [4.69, 9.17) is 4.74 Å². The van der Waals surface area contributed by atoms with E-state index >= 15 is 0 Å². The van der Waals surface area contributed by atoms with Gasteiger partial charge in [-0.05, 0) is 35.4 Å². The van der Waals surface area contributed by atoms with E-state index in [-0.39, 0.29) is 23.7 Å². The van der Waals surface area contributed by atoms with Crippen LogP contribution in [0.3, 0.4) is 0 Å². The molecule has 0 aliphatic heterocycles. The van der Waals surface area contributed by atoms with E-state index in [1.807, 2.05) is 0 Å². The van der Waals surface area contributed by atoms with E-state index in [2.05, 4.69) is 15.0 Å². The Morgan fingerprint density at radius 2 is 1.70 bits per heavy atom. The van der Waals surface area contributed by atoms with Crippen LogP contribution in [-0.2, 0) is 36.2 Å². The highest BCUT2D eigenvalue weighted by molar-refractivity contribution is 7.89. The highest BCUT2D eigenvalue weighted by Gasteiger charge is 2.31. The summed E-state index contributed by atoms with van der Waals surface area (Å²) < 4.78 is 73.5. The first-order valence-corrected chi connectivity index (χ1v) is 12.5. The molecule has 8 nitrogen and oxygen atoms in total. The molecule has 0 bridgehead atoms. The second kappa shape index (κ2) is 10.3. The standard InChI is InChI=1S/C25H24F3N5O3S/c1-32-15-23(31-16-32)22-11-21(37(34,35)33(2)14-17-4-7-20(36-3)8-5-17)9-6-18(22)10-24-29-12-19(13-30-24)25(26,27)28/h4-9,11-13,15-16H,10,14H2,1-3H3. The quantitative estimate of drug-likeness (QED) is 0.337. The van der Waals surface area contributed by atoms with E-state index in [0.717, 1.165) is 18.0 Å². The topological polar surface area (TPSA) is 90.2 Å². The lowest BCUT2D eigenvalue weighted by atomic mass is 10.0. The normalized spacial score (nSPS) is 12.2. The van der Waals surface area contributed by atoms with Crippen molar-refractivity contribution in [3.05, 3.63) is 89.9 Å². The minimum Gasteiger partial charge on any atom is -0.497 e. The van der Waals surface area contributed by atoms with Gasteiger partial charge in [0.05, 0.1) is 29.6 Å². The molecule has 0 amide bonds. The Kier molecular flexibility index (Phi) is 7.32. The smallest absolute Gasteiger partial charge is 0.419 e. The summed E-state index contributed by atoms with van der Waals surface area (Å²) >= 11 is 0. The van der Waals surface area contributed by atoms with Gasteiger partial charge in [0.15, 0.2) is 0 Å². The number of sulfonamides is 1. The molecule has 4 rings (SSSR count). The first-order chi connectivity index (χ1) is 17.5. The van der Waals surface area contributed by atoms with Crippen LogP contribution >= 0.6 is 0 Å². The molecule has 2 aromatic heterocycles. The van der Waals surface area contributed by atoms with Gasteiger partial charge < -0.3 is 9.30 Å². The zero-order valence-corrected chi connectivity index (χ0v) is 21.1. The van der Waals surface area contributed by atoms with Crippen LogP contribution in [0.2, 0.25) is 0 Å². The van der Waals surface area contributed by atoms with Crippen molar-refractivity contribution in [2.75, 3.05) is 14.2 Å². The van der Waals surface area contributed by atoms with Crippen LogP contribution in [-0.4, -0.2) is 46.4 Å². The van der Waals surface area contributed by atoms with Gasteiger partial charge in [-0.15, -0.1) is 0 Å². The molecule has 0 unspecified atom stereocenters. The molecule has 12 heteroatoms. The van der Waals surface area contributed by atoms with Crippen LogP contribution in [0.4, 0.5) is 13.2 Å². The molecule has 0 saturated heterocycles. The lowest BCUT2D eigenvalue weighted by Gasteiger charge is -2.19. The molecule has 37 heavy (non-hydrogen) atoms. The number of rotatable bonds is 8. The first kappa shape index (κ1) is 26.3. The number of benzene rings is 2. The minimum absolute atomic E-state index is 0.0567. The Hall–Kier alpha value is -3.77. The van der Waals surface area contributed by atoms with E-state index in [0.29, 0.717) is 22.6 Å².